The minimum absolute atomic E-state index is 0.109. The minimum atomic E-state index is -1.02. The van der Waals surface area contributed by atoms with Crippen LogP contribution in [0.3, 0.4) is 0 Å². The molecule has 2 aromatic carbocycles. The summed E-state index contributed by atoms with van der Waals surface area (Å²) in [5.41, 5.74) is 2.25. The van der Waals surface area contributed by atoms with Crippen LogP contribution in [0.1, 0.15) is 15.9 Å². The molecule has 3 rings (SSSR count). The Morgan fingerprint density at radius 3 is 2.73 bits per heavy atom. The summed E-state index contributed by atoms with van der Waals surface area (Å²) in [6, 6.07) is 11.0. The number of fused-ring (bicyclic) bond motifs is 1. The summed E-state index contributed by atoms with van der Waals surface area (Å²) >= 11 is 0. The Kier molecular flexibility index (Phi) is 3.87. The summed E-state index contributed by atoms with van der Waals surface area (Å²) in [6.07, 6.45) is 2.56. The zero-order chi connectivity index (χ0) is 15.5. The number of carbonyl (C=O) groups is 1. The van der Waals surface area contributed by atoms with Crippen molar-refractivity contribution < 1.29 is 13.6 Å². The molecule has 0 unspecified atom stereocenters. The second kappa shape index (κ2) is 5.97. The molecule has 0 aliphatic carbocycles. The van der Waals surface area contributed by atoms with Crippen LogP contribution in [0.15, 0.2) is 48.7 Å². The molecule has 0 atom stereocenters. The van der Waals surface area contributed by atoms with E-state index in [9.17, 15) is 13.6 Å². The van der Waals surface area contributed by atoms with Crippen LogP contribution in [0.25, 0.3) is 10.9 Å². The van der Waals surface area contributed by atoms with E-state index in [1.165, 1.54) is 6.07 Å². The van der Waals surface area contributed by atoms with Gasteiger partial charge in [-0.3, -0.25) is 4.79 Å². The summed E-state index contributed by atoms with van der Waals surface area (Å²) in [4.78, 5) is 15.1. The smallest absolute Gasteiger partial charge is 0.251 e. The van der Waals surface area contributed by atoms with Crippen molar-refractivity contribution in [1.82, 2.24) is 10.3 Å². The number of hydrogen-bond donors (Lipinski definition) is 2. The highest BCUT2D eigenvalue weighted by atomic mass is 19.2. The third-order valence-corrected chi connectivity index (χ3v) is 3.54. The Morgan fingerprint density at radius 1 is 1.09 bits per heavy atom. The van der Waals surface area contributed by atoms with Crippen molar-refractivity contribution in [2.75, 3.05) is 6.54 Å². The first kappa shape index (κ1) is 14.3. The topological polar surface area (TPSA) is 44.9 Å². The molecular weight excluding hydrogens is 286 g/mol. The molecular formula is C17H14F2N2O. The van der Waals surface area contributed by atoms with Gasteiger partial charge in [0.1, 0.15) is 0 Å². The molecule has 0 aliphatic heterocycles. The van der Waals surface area contributed by atoms with Crippen LogP contribution < -0.4 is 5.32 Å². The molecule has 0 bridgehead atoms. The van der Waals surface area contributed by atoms with Gasteiger partial charge in [-0.2, -0.15) is 0 Å². The molecule has 5 heteroatoms. The second-order valence-electron chi connectivity index (χ2n) is 4.99. The average molecular weight is 300 g/mol. The van der Waals surface area contributed by atoms with Gasteiger partial charge in [0, 0.05) is 29.2 Å². The molecule has 0 radical (unpaired) electrons. The number of aromatic amines is 1. The van der Waals surface area contributed by atoms with Crippen molar-refractivity contribution in [3.63, 3.8) is 0 Å². The molecule has 22 heavy (non-hydrogen) atoms. The first-order valence-corrected chi connectivity index (χ1v) is 6.93. The normalized spacial score (nSPS) is 10.8. The van der Waals surface area contributed by atoms with E-state index in [0.29, 0.717) is 13.0 Å². The van der Waals surface area contributed by atoms with E-state index in [1.807, 2.05) is 30.5 Å². The maximum Gasteiger partial charge on any atom is 0.251 e. The number of H-pyrrole nitrogens is 1. The Morgan fingerprint density at radius 2 is 1.91 bits per heavy atom. The van der Waals surface area contributed by atoms with Gasteiger partial charge >= 0.3 is 0 Å². The largest absolute Gasteiger partial charge is 0.361 e. The molecule has 0 saturated carbocycles. The second-order valence-corrected chi connectivity index (χ2v) is 4.99. The lowest BCUT2D eigenvalue weighted by atomic mass is 10.1. The van der Waals surface area contributed by atoms with Crippen LogP contribution >= 0.6 is 0 Å². The van der Waals surface area contributed by atoms with Crippen molar-refractivity contribution in [2.24, 2.45) is 0 Å². The predicted molar refractivity (Wildman–Crippen MR) is 80.7 cm³/mol. The Labute approximate surface area is 126 Å². The maximum atomic E-state index is 13.1. The fourth-order valence-corrected chi connectivity index (χ4v) is 2.39. The number of halogens is 2. The molecule has 3 nitrogen and oxygen atoms in total. The van der Waals surface area contributed by atoms with Gasteiger partial charge in [0.05, 0.1) is 0 Å². The van der Waals surface area contributed by atoms with E-state index in [0.717, 1.165) is 28.6 Å². The van der Waals surface area contributed by atoms with Gasteiger partial charge in [-0.15, -0.1) is 0 Å². The highest BCUT2D eigenvalue weighted by Gasteiger charge is 2.09. The van der Waals surface area contributed by atoms with Crippen molar-refractivity contribution in [3.05, 3.63) is 71.4 Å². The molecule has 3 aromatic rings. The monoisotopic (exact) mass is 300 g/mol. The zero-order valence-corrected chi connectivity index (χ0v) is 11.7. The molecule has 0 saturated heterocycles. The SMILES string of the molecule is O=C(NCCc1c[nH]c2ccccc12)c1ccc(F)c(F)c1. The molecule has 112 valence electrons. The summed E-state index contributed by atoms with van der Waals surface area (Å²) in [5.74, 6) is -2.40. The lowest BCUT2D eigenvalue weighted by Gasteiger charge is -2.05. The Hall–Kier alpha value is -2.69. The standard InChI is InChI=1S/C17H14F2N2O/c18-14-6-5-11(9-15(14)19)17(22)20-8-7-12-10-21-16-4-2-1-3-13(12)16/h1-6,9-10,21H,7-8H2,(H,20,22). The van der Waals surface area contributed by atoms with Crippen molar-refractivity contribution >= 4 is 16.8 Å². The van der Waals surface area contributed by atoms with Crippen LogP contribution in [0.4, 0.5) is 8.78 Å². The lowest BCUT2D eigenvalue weighted by Crippen LogP contribution is -2.25. The fourth-order valence-electron chi connectivity index (χ4n) is 2.39. The number of nitrogens with one attached hydrogen (secondary N) is 2. The highest BCUT2D eigenvalue weighted by Crippen LogP contribution is 2.17. The predicted octanol–water partition coefficient (Wildman–Crippen LogP) is 3.42. The van der Waals surface area contributed by atoms with E-state index < -0.39 is 17.5 Å². The first-order chi connectivity index (χ1) is 10.6. The van der Waals surface area contributed by atoms with E-state index in [2.05, 4.69) is 10.3 Å². The van der Waals surface area contributed by atoms with E-state index in [1.54, 1.807) is 0 Å². The van der Waals surface area contributed by atoms with Gasteiger partial charge in [0.15, 0.2) is 11.6 Å². The van der Waals surface area contributed by atoms with Gasteiger partial charge < -0.3 is 10.3 Å². The zero-order valence-electron chi connectivity index (χ0n) is 11.7. The third-order valence-electron chi connectivity index (χ3n) is 3.54. The highest BCUT2D eigenvalue weighted by molar-refractivity contribution is 5.94. The summed E-state index contributed by atoms with van der Waals surface area (Å²) in [5, 5.41) is 3.82. The molecule has 0 spiro atoms. The summed E-state index contributed by atoms with van der Waals surface area (Å²) in [6.45, 7) is 0.416. The Bertz CT molecular complexity index is 826. The maximum absolute atomic E-state index is 13.1. The number of hydrogen-bond acceptors (Lipinski definition) is 1. The van der Waals surface area contributed by atoms with Crippen molar-refractivity contribution in [2.45, 2.75) is 6.42 Å². The average Bonchev–Trinajstić information content (AvgIpc) is 2.93. The van der Waals surface area contributed by atoms with E-state index >= 15 is 0 Å². The van der Waals surface area contributed by atoms with Crippen LogP contribution in [-0.2, 0) is 6.42 Å². The summed E-state index contributed by atoms with van der Waals surface area (Å²) < 4.78 is 25.9. The van der Waals surface area contributed by atoms with Gasteiger partial charge in [0.25, 0.3) is 5.91 Å². The lowest BCUT2D eigenvalue weighted by molar-refractivity contribution is 0.0953. The molecule has 1 aromatic heterocycles. The van der Waals surface area contributed by atoms with Crippen LogP contribution in [0, 0.1) is 11.6 Å². The fraction of sp³-hybridized carbons (Fsp3) is 0.118. The van der Waals surface area contributed by atoms with Gasteiger partial charge in [-0.05, 0) is 36.2 Å². The molecule has 2 N–H and O–H groups in total. The Balaban J connectivity index is 1.63. The van der Waals surface area contributed by atoms with Crippen molar-refractivity contribution in [3.8, 4) is 0 Å². The van der Waals surface area contributed by atoms with Crippen LogP contribution in [-0.4, -0.2) is 17.4 Å². The van der Waals surface area contributed by atoms with E-state index in [4.69, 9.17) is 0 Å². The molecule has 0 fully saturated rings. The quantitative estimate of drug-likeness (QED) is 0.762. The number of rotatable bonds is 4. The van der Waals surface area contributed by atoms with Crippen LogP contribution in [0.2, 0.25) is 0 Å². The van der Waals surface area contributed by atoms with Gasteiger partial charge in [-0.25, -0.2) is 8.78 Å². The van der Waals surface area contributed by atoms with Gasteiger partial charge in [-0.1, -0.05) is 18.2 Å². The first-order valence-electron chi connectivity index (χ1n) is 6.93. The number of amides is 1. The summed E-state index contributed by atoms with van der Waals surface area (Å²) in [7, 11) is 0. The molecule has 0 aliphatic rings. The number of aromatic nitrogens is 1. The van der Waals surface area contributed by atoms with Gasteiger partial charge in [0.2, 0.25) is 0 Å². The molecule has 1 heterocycles. The third kappa shape index (κ3) is 2.83. The number of carbonyl (C=O) groups excluding carboxylic acids is 1. The van der Waals surface area contributed by atoms with Crippen LogP contribution in [0.5, 0.6) is 0 Å². The number of para-hydroxylation sites is 1. The molecule has 1 amide bonds. The van der Waals surface area contributed by atoms with Crippen molar-refractivity contribution in [1.29, 1.82) is 0 Å². The number of benzene rings is 2. The minimum Gasteiger partial charge on any atom is -0.361 e. The van der Waals surface area contributed by atoms with E-state index in [-0.39, 0.29) is 5.56 Å².